The number of hydrogen-bond acceptors (Lipinski definition) is 3. The first-order valence-corrected chi connectivity index (χ1v) is 3.99. The lowest BCUT2D eigenvalue weighted by molar-refractivity contribution is 0.365. The molecule has 0 aromatic heterocycles. The summed E-state index contributed by atoms with van der Waals surface area (Å²) in [6.07, 6.45) is 0.460. The number of benzene rings is 1. The van der Waals surface area contributed by atoms with Crippen LogP contribution < -0.4 is 0 Å². The van der Waals surface area contributed by atoms with E-state index in [0.717, 1.165) is 0 Å². The molecular weight excluding hydrogens is 180 g/mol. The van der Waals surface area contributed by atoms with Crippen molar-refractivity contribution in [3.05, 3.63) is 17.7 Å². The van der Waals surface area contributed by atoms with Crippen molar-refractivity contribution in [3.63, 3.8) is 0 Å². The third-order valence-corrected chi connectivity index (χ3v) is 1.77. The monoisotopic (exact) mass is 188 g/mol. The molecule has 0 aliphatic carbocycles. The molecule has 3 N–H and O–H groups in total. The third kappa shape index (κ3) is 1.56. The van der Waals surface area contributed by atoms with Gasteiger partial charge in [0.05, 0.1) is 0 Å². The van der Waals surface area contributed by atoms with Gasteiger partial charge in [-0.05, 0) is 18.1 Å². The van der Waals surface area contributed by atoms with Crippen LogP contribution >= 0.6 is 11.6 Å². The molecule has 12 heavy (non-hydrogen) atoms. The summed E-state index contributed by atoms with van der Waals surface area (Å²) in [6, 6.07) is 2.84. The van der Waals surface area contributed by atoms with E-state index < -0.39 is 5.75 Å². The quantitative estimate of drug-likeness (QED) is 0.488. The molecule has 0 atom stereocenters. The van der Waals surface area contributed by atoms with E-state index in [-0.39, 0.29) is 11.5 Å². The normalized spacial score (nSPS) is 10.1. The van der Waals surface area contributed by atoms with Crippen molar-refractivity contribution in [2.45, 2.75) is 6.42 Å². The van der Waals surface area contributed by atoms with Gasteiger partial charge in [-0.2, -0.15) is 0 Å². The summed E-state index contributed by atoms with van der Waals surface area (Å²) in [5.41, 5.74) is 0.528. The molecule has 0 amide bonds. The lowest BCUT2D eigenvalue weighted by Crippen LogP contribution is -1.86. The Hall–Kier alpha value is -1.09. The van der Waals surface area contributed by atoms with Gasteiger partial charge in [0.15, 0.2) is 11.5 Å². The van der Waals surface area contributed by atoms with E-state index in [1.807, 2.05) is 0 Å². The predicted octanol–water partition coefficient (Wildman–Crippen LogP) is 1.58. The van der Waals surface area contributed by atoms with Crippen LogP contribution in [0.2, 0.25) is 0 Å². The third-order valence-electron chi connectivity index (χ3n) is 1.58. The van der Waals surface area contributed by atoms with Crippen LogP contribution in [0.3, 0.4) is 0 Å². The van der Waals surface area contributed by atoms with E-state index in [2.05, 4.69) is 0 Å². The second kappa shape index (κ2) is 3.54. The first kappa shape index (κ1) is 9.00. The molecule has 0 saturated heterocycles. The van der Waals surface area contributed by atoms with E-state index in [9.17, 15) is 5.11 Å². The van der Waals surface area contributed by atoms with Crippen molar-refractivity contribution in [1.82, 2.24) is 0 Å². The van der Waals surface area contributed by atoms with Crippen LogP contribution in [-0.2, 0) is 6.42 Å². The molecule has 0 unspecified atom stereocenters. The largest absolute Gasteiger partial charge is 0.504 e. The van der Waals surface area contributed by atoms with Crippen LogP contribution in [0, 0.1) is 0 Å². The number of halogens is 1. The van der Waals surface area contributed by atoms with Gasteiger partial charge in [0.1, 0.15) is 0 Å². The zero-order chi connectivity index (χ0) is 9.14. The Morgan fingerprint density at radius 1 is 1.08 bits per heavy atom. The van der Waals surface area contributed by atoms with E-state index in [4.69, 9.17) is 21.8 Å². The minimum atomic E-state index is -0.488. The average molecular weight is 189 g/mol. The Bertz CT molecular complexity index is 286. The molecule has 4 heteroatoms. The first-order valence-electron chi connectivity index (χ1n) is 3.45. The molecule has 0 aliphatic rings. The van der Waals surface area contributed by atoms with E-state index in [0.29, 0.717) is 17.9 Å². The molecule has 0 saturated carbocycles. The zero-order valence-electron chi connectivity index (χ0n) is 6.29. The fourth-order valence-electron chi connectivity index (χ4n) is 0.914. The molecule has 0 bridgehead atoms. The molecule has 0 fully saturated rings. The number of rotatable bonds is 2. The summed E-state index contributed by atoms with van der Waals surface area (Å²) < 4.78 is 0. The Labute approximate surface area is 74.8 Å². The topological polar surface area (TPSA) is 60.7 Å². The first-order chi connectivity index (χ1) is 5.66. The Morgan fingerprint density at radius 3 is 2.33 bits per heavy atom. The summed E-state index contributed by atoms with van der Waals surface area (Å²) in [7, 11) is 0. The second-order valence-electron chi connectivity index (χ2n) is 2.38. The number of aromatic hydroxyl groups is 3. The van der Waals surface area contributed by atoms with Gasteiger partial charge < -0.3 is 15.3 Å². The van der Waals surface area contributed by atoms with Crippen molar-refractivity contribution in [3.8, 4) is 17.2 Å². The fourth-order valence-corrected chi connectivity index (χ4v) is 1.12. The average Bonchev–Trinajstić information content (AvgIpc) is 2.07. The highest BCUT2D eigenvalue weighted by molar-refractivity contribution is 6.18. The standard InChI is InChI=1S/C8H9ClO3/c9-4-3-5-1-2-6(10)8(12)7(5)11/h1-2,10-12H,3-4H2. The second-order valence-corrected chi connectivity index (χ2v) is 2.76. The van der Waals surface area contributed by atoms with Crippen LogP contribution in [0.4, 0.5) is 0 Å². The molecule has 0 radical (unpaired) electrons. The highest BCUT2D eigenvalue weighted by atomic mass is 35.5. The summed E-state index contributed by atoms with van der Waals surface area (Å²) in [6.45, 7) is 0. The molecule has 3 nitrogen and oxygen atoms in total. The maximum Gasteiger partial charge on any atom is 0.200 e. The van der Waals surface area contributed by atoms with Crippen molar-refractivity contribution < 1.29 is 15.3 Å². The lowest BCUT2D eigenvalue weighted by atomic mass is 10.1. The van der Waals surface area contributed by atoms with Crippen LogP contribution in [0.25, 0.3) is 0 Å². The smallest absolute Gasteiger partial charge is 0.200 e. The van der Waals surface area contributed by atoms with Crippen LogP contribution in [0.5, 0.6) is 17.2 Å². The Balaban J connectivity index is 3.08. The molecule has 0 aliphatic heterocycles. The van der Waals surface area contributed by atoms with Crippen molar-refractivity contribution in [2.24, 2.45) is 0 Å². The van der Waals surface area contributed by atoms with Crippen molar-refractivity contribution in [1.29, 1.82) is 0 Å². The maximum absolute atomic E-state index is 9.24. The van der Waals surface area contributed by atoms with Crippen LogP contribution in [-0.4, -0.2) is 21.2 Å². The molecule has 0 heterocycles. The minimum absolute atomic E-state index is 0.296. The van der Waals surface area contributed by atoms with Crippen LogP contribution in [0.15, 0.2) is 12.1 Å². The molecular formula is C8H9ClO3. The van der Waals surface area contributed by atoms with Gasteiger partial charge >= 0.3 is 0 Å². The zero-order valence-corrected chi connectivity index (χ0v) is 7.04. The summed E-state index contributed by atoms with van der Waals surface area (Å²) >= 11 is 5.44. The van der Waals surface area contributed by atoms with Gasteiger partial charge in [-0.1, -0.05) is 6.07 Å². The summed E-state index contributed by atoms with van der Waals surface area (Å²) in [4.78, 5) is 0. The Morgan fingerprint density at radius 2 is 1.75 bits per heavy atom. The van der Waals surface area contributed by atoms with Gasteiger partial charge in [0.2, 0.25) is 5.75 Å². The lowest BCUT2D eigenvalue weighted by Gasteiger charge is -2.05. The van der Waals surface area contributed by atoms with Gasteiger partial charge in [-0.3, -0.25) is 0 Å². The van der Waals surface area contributed by atoms with Crippen molar-refractivity contribution in [2.75, 3.05) is 5.88 Å². The SMILES string of the molecule is Oc1ccc(CCCl)c(O)c1O. The molecule has 0 spiro atoms. The van der Waals surface area contributed by atoms with E-state index in [1.54, 1.807) is 0 Å². The molecule has 66 valence electrons. The van der Waals surface area contributed by atoms with E-state index >= 15 is 0 Å². The van der Waals surface area contributed by atoms with Gasteiger partial charge in [0.25, 0.3) is 0 Å². The number of phenols is 3. The highest BCUT2D eigenvalue weighted by Crippen LogP contribution is 2.37. The molecule has 1 aromatic carbocycles. The summed E-state index contributed by atoms with van der Waals surface area (Å²) in [5, 5.41) is 27.3. The maximum atomic E-state index is 9.24. The number of phenolic OH excluding ortho intramolecular Hbond substituents is 3. The number of aryl methyl sites for hydroxylation is 1. The fraction of sp³-hybridized carbons (Fsp3) is 0.250. The highest BCUT2D eigenvalue weighted by Gasteiger charge is 2.09. The van der Waals surface area contributed by atoms with Gasteiger partial charge in [-0.25, -0.2) is 0 Å². The van der Waals surface area contributed by atoms with Gasteiger partial charge in [-0.15, -0.1) is 11.6 Å². The predicted molar refractivity (Wildman–Crippen MR) is 45.9 cm³/mol. The molecule has 1 rings (SSSR count). The Kier molecular flexibility index (Phi) is 2.65. The van der Waals surface area contributed by atoms with E-state index in [1.165, 1.54) is 12.1 Å². The van der Waals surface area contributed by atoms with Gasteiger partial charge in [0, 0.05) is 5.88 Å². The number of hydrogen-bond donors (Lipinski definition) is 3. The van der Waals surface area contributed by atoms with Crippen molar-refractivity contribution >= 4 is 11.6 Å². The number of alkyl halides is 1. The summed E-state index contributed by atoms with van der Waals surface area (Å²) in [5.74, 6) is -0.753. The molecule has 1 aromatic rings. The minimum Gasteiger partial charge on any atom is -0.504 e. The van der Waals surface area contributed by atoms with Crippen LogP contribution in [0.1, 0.15) is 5.56 Å².